The SMILES string of the molecule is COC(=O)[C@@H](C)Oc1c(Br)cc(C=Nn2c(C(C)(C)C)nc3ccc(Br)cc3c2=O)cc1Br. The van der Waals surface area contributed by atoms with E-state index in [1.807, 2.05) is 32.9 Å². The van der Waals surface area contributed by atoms with Crippen LogP contribution in [0, 0.1) is 0 Å². The molecule has 1 aromatic heterocycles. The number of benzene rings is 2. The van der Waals surface area contributed by atoms with Crippen molar-refractivity contribution >= 4 is 70.9 Å². The largest absolute Gasteiger partial charge is 0.477 e. The fourth-order valence-corrected chi connectivity index (χ4v) is 4.79. The van der Waals surface area contributed by atoms with Gasteiger partial charge in [-0.3, -0.25) is 4.79 Å². The van der Waals surface area contributed by atoms with E-state index in [1.54, 1.807) is 31.3 Å². The summed E-state index contributed by atoms with van der Waals surface area (Å²) in [7, 11) is 1.31. The fraction of sp³-hybridized carbons (Fsp3) is 0.304. The molecule has 0 spiro atoms. The number of ether oxygens (including phenoxy) is 2. The third-order valence-electron chi connectivity index (χ3n) is 4.65. The molecular formula is C23H22Br3N3O4. The van der Waals surface area contributed by atoms with E-state index in [4.69, 9.17) is 14.5 Å². The number of fused-ring (bicyclic) bond motifs is 1. The number of esters is 1. The van der Waals surface area contributed by atoms with Crippen molar-refractivity contribution in [1.29, 1.82) is 0 Å². The molecule has 0 aliphatic heterocycles. The Morgan fingerprint density at radius 1 is 1.15 bits per heavy atom. The predicted octanol–water partition coefficient (Wildman–Crippen LogP) is 5.80. The van der Waals surface area contributed by atoms with Crippen molar-refractivity contribution in [2.24, 2.45) is 5.10 Å². The molecule has 0 N–H and O–H groups in total. The van der Waals surface area contributed by atoms with E-state index in [1.165, 1.54) is 11.8 Å². The standard InChI is InChI=1S/C23H22Br3N3O4/c1-12(21(31)32-5)33-19-16(25)8-13(9-17(19)26)11-27-29-20(30)15-10-14(24)6-7-18(15)28-22(29)23(2,3)4/h6-12H,1-5H3/t12-/m1/s1. The number of rotatable bonds is 5. The molecule has 33 heavy (non-hydrogen) atoms. The van der Waals surface area contributed by atoms with Crippen LogP contribution in [-0.2, 0) is 14.9 Å². The van der Waals surface area contributed by atoms with Gasteiger partial charge in [0.1, 0.15) is 11.6 Å². The Labute approximate surface area is 216 Å². The molecule has 10 heteroatoms. The van der Waals surface area contributed by atoms with Crippen molar-refractivity contribution in [2.45, 2.75) is 39.2 Å². The monoisotopic (exact) mass is 641 g/mol. The van der Waals surface area contributed by atoms with Gasteiger partial charge >= 0.3 is 5.97 Å². The Hall–Kier alpha value is -2.04. The van der Waals surface area contributed by atoms with Crippen LogP contribution in [0.3, 0.4) is 0 Å². The van der Waals surface area contributed by atoms with E-state index in [-0.39, 0.29) is 5.56 Å². The second-order valence-corrected chi connectivity index (χ2v) is 10.9. The maximum absolute atomic E-state index is 13.3. The molecule has 0 aliphatic rings. The number of halogens is 3. The lowest BCUT2D eigenvalue weighted by Crippen LogP contribution is -2.29. The molecule has 7 nitrogen and oxygen atoms in total. The molecule has 174 valence electrons. The van der Waals surface area contributed by atoms with Crippen LogP contribution in [0.1, 0.15) is 39.1 Å². The third kappa shape index (κ3) is 5.73. The van der Waals surface area contributed by atoms with Gasteiger partial charge in [0, 0.05) is 9.89 Å². The van der Waals surface area contributed by atoms with Crippen molar-refractivity contribution in [3.05, 3.63) is 65.5 Å². The van der Waals surface area contributed by atoms with E-state index in [2.05, 4.69) is 52.9 Å². The van der Waals surface area contributed by atoms with Gasteiger partial charge in [0.05, 0.1) is 33.2 Å². The second-order valence-electron chi connectivity index (χ2n) is 8.31. The summed E-state index contributed by atoms with van der Waals surface area (Å²) in [6, 6.07) is 8.97. The van der Waals surface area contributed by atoms with Gasteiger partial charge in [-0.05, 0) is 74.7 Å². The molecule has 0 amide bonds. The molecule has 3 rings (SSSR count). The summed E-state index contributed by atoms with van der Waals surface area (Å²) in [5, 5.41) is 4.95. The van der Waals surface area contributed by atoms with Crippen molar-refractivity contribution in [3.8, 4) is 5.75 Å². The zero-order valence-corrected chi connectivity index (χ0v) is 23.4. The molecule has 0 saturated carbocycles. The van der Waals surface area contributed by atoms with Crippen molar-refractivity contribution < 1.29 is 14.3 Å². The summed E-state index contributed by atoms with van der Waals surface area (Å²) < 4.78 is 13.8. The maximum atomic E-state index is 13.3. The number of carbonyl (C=O) groups excluding carboxylic acids is 1. The lowest BCUT2D eigenvalue weighted by Gasteiger charge is -2.21. The minimum absolute atomic E-state index is 0.257. The third-order valence-corrected chi connectivity index (χ3v) is 6.32. The van der Waals surface area contributed by atoms with Crippen LogP contribution in [0.5, 0.6) is 5.75 Å². The first kappa shape index (κ1) is 25.6. The molecule has 0 bridgehead atoms. The number of nitrogens with zero attached hydrogens (tertiary/aromatic N) is 3. The highest BCUT2D eigenvalue weighted by molar-refractivity contribution is 9.11. The molecule has 2 aromatic carbocycles. The zero-order valence-electron chi connectivity index (χ0n) is 18.6. The molecule has 0 fully saturated rings. The molecule has 0 saturated heterocycles. The van der Waals surface area contributed by atoms with Crippen LogP contribution in [0.2, 0.25) is 0 Å². The normalized spacial score (nSPS) is 12.8. The highest BCUT2D eigenvalue weighted by Crippen LogP contribution is 2.35. The summed E-state index contributed by atoms with van der Waals surface area (Å²) in [6.45, 7) is 7.54. The van der Waals surface area contributed by atoms with Gasteiger partial charge in [0.15, 0.2) is 6.10 Å². The van der Waals surface area contributed by atoms with Gasteiger partial charge in [-0.15, -0.1) is 0 Å². The van der Waals surface area contributed by atoms with Gasteiger partial charge in [-0.2, -0.15) is 9.78 Å². The smallest absolute Gasteiger partial charge is 0.346 e. The van der Waals surface area contributed by atoms with E-state index >= 15 is 0 Å². The Kier molecular flexibility index (Phi) is 7.80. The maximum Gasteiger partial charge on any atom is 0.346 e. The van der Waals surface area contributed by atoms with E-state index in [0.29, 0.717) is 37.0 Å². The van der Waals surface area contributed by atoms with E-state index in [0.717, 1.165) is 4.47 Å². The van der Waals surface area contributed by atoms with Crippen LogP contribution >= 0.6 is 47.8 Å². The molecule has 0 radical (unpaired) electrons. The first-order valence-corrected chi connectivity index (χ1v) is 12.3. The predicted molar refractivity (Wildman–Crippen MR) is 139 cm³/mol. The summed E-state index contributed by atoms with van der Waals surface area (Å²) >= 11 is 10.4. The highest BCUT2D eigenvalue weighted by atomic mass is 79.9. The van der Waals surface area contributed by atoms with Crippen LogP contribution in [0.15, 0.2) is 53.6 Å². The Morgan fingerprint density at radius 2 is 1.79 bits per heavy atom. The topological polar surface area (TPSA) is 82.8 Å². The van der Waals surface area contributed by atoms with Crippen LogP contribution in [0.4, 0.5) is 0 Å². The Morgan fingerprint density at radius 3 is 2.36 bits per heavy atom. The minimum Gasteiger partial charge on any atom is -0.477 e. The molecule has 3 aromatic rings. The molecule has 1 heterocycles. The number of hydrogen-bond acceptors (Lipinski definition) is 6. The van der Waals surface area contributed by atoms with Gasteiger partial charge in [0.2, 0.25) is 0 Å². The van der Waals surface area contributed by atoms with E-state index < -0.39 is 17.5 Å². The summed E-state index contributed by atoms with van der Waals surface area (Å²) in [5.74, 6) is 0.516. The van der Waals surface area contributed by atoms with Crippen LogP contribution in [-0.4, -0.2) is 35.1 Å². The minimum atomic E-state index is -0.780. The Balaban J connectivity index is 2.06. The number of methoxy groups -OCH3 is 1. The van der Waals surface area contributed by atoms with Crippen LogP contribution in [0.25, 0.3) is 10.9 Å². The highest BCUT2D eigenvalue weighted by Gasteiger charge is 2.23. The summed E-state index contributed by atoms with van der Waals surface area (Å²) in [5.41, 5.74) is 0.646. The molecule has 0 unspecified atom stereocenters. The van der Waals surface area contributed by atoms with Gasteiger partial charge in [0.25, 0.3) is 5.56 Å². The first-order valence-electron chi connectivity index (χ1n) is 9.93. The Bertz CT molecular complexity index is 1290. The van der Waals surface area contributed by atoms with Crippen molar-refractivity contribution in [2.75, 3.05) is 7.11 Å². The van der Waals surface area contributed by atoms with Gasteiger partial charge in [-0.1, -0.05) is 36.7 Å². The van der Waals surface area contributed by atoms with Gasteiger partial charge in [-0.25, -0.2) is 9.78 Å². The van der Waals surface area contributed by atoms with Gasteiger partial charge < -0.3 is 9.47 Å². The number of aromatic nitrogens is 2. The summed E-state index contributed by atoms with van der Waals surface area (Å²) in [6.07, 6.45) is 0.795. The zero-order chi connectivity index (χ0) is 24.5. The second kappa shape index (κ2) is 10.1. The molecular weight excluding hydrogens is 622 g/mol. The van der Waals surface area contributed by atoms with Crippen molar-refractivity contribution in [1.82, 2.24) is 9.66 Å². The number of carbonyl (C=O) groups is 1. The quantitative estimate of drug-likeness (QED) is 0.259. The lowest BCUT2D eigenvalue weighted by molar-refractivity contribution is -0.147. The number of hydrogen-bond donors (Lipinski definition) is 0. The molecule has 0 aliphatic carbocycles. The average Bonchev–Trinajstić information content (AvgIpc) is 2.74. The fourth-order valence-electron chi connectivity index (χ4n) is 3.02. The summed E-state index contributed by atoms with van der Waals surface area (Å²) in [4.78, 5) is 29.7. The van der Waals surface area contributed by atoms with E-state index in [9.17, 15) is 9.59 Å². The molecule has 1 atom stereocenters. The van der Waals surface area contributed by atoms with Crippen molar-refractivity contribution in [3.63, 3.8) is 0 Å². The van der Waals surface area contributed by atoms with Crippen LogP contribution < -0.4 is 10.3 Å². The average molecular weight is 644 g/mol. The first-order chi connectivity index (χ1) is 15.4. The lowest BCUT2D eigenvalue weighted by atomic mass is 9.95.